The van der Waals surface area contributed by atoms with Crippen molar-refractivity contribution in [3.63, 3.8) is 0 Å². The van der Waals surface area contributed by atoms with Crippen molar-refractivity contribution in [3.8, 4) is 0 Å². The van der Waals surface area contributed by atoms with Gasteiger partial charge in [0.2, 0.25) is 0 Å². The Balaban J connectivity index is 2.04. The van der Waals surface area contributed by atoms with Gasteiger partial charge in [-0.25, -0.2) is 9.59 Å². The molecule has 1 aliphatic heterocycles. The van der Waals surface area contributed by atoms with Crippen molar-refractivity contribution in [3.05, 3.63) is 47.2 Å². The first-order valence-electron chi connectivity index (χ1n) is 5.59. The highest BCUT2D eigenvalue weighted by Crippen LogP contribution is 2.21. The maximum Gasteiger partial charge on any atom is 0.350 e. The zero-order valence-corrected chi connectivity index (χ0v) is 9.91. The third kappa shape index (κ3) is 2.74. The first kappa shape index (κ1) is 13.1. The minimum atomic E-state index is -1.19. The lowest BCUT2D eigenvalue weighted by Crippen LogP contribution is -2.16. The van der Waals surface area contributed by atoms with Gasteiger partial charge in [-0.15, -0.1) is 0 Å². The molecule has 1 aromatic carbocycles. The molecule has 1 aliphatic rings. The van der Waals surface area contributed by atoms with Crippen LogP contribution in [0.25, 0.3) is 0 Å². The van der Waals surface area contributed by atoms with Gasteiger partial charge < -0.3 is 19.7 Å². The van der Waals surface area contributed by atoms with E-state index in [0.29, 0.717) is 0 Å². The lowest BCUT2D eigenvalue weighted by atomic mass is 10.2. The van der Waals surface area contributed by atoms with Crippen LogP contribution in [0, 0.1) is 0 Å². The number of rotatable bonds is 4. The first-order valence-corrected chi connectivity index (χ1v) is 5.59. The molecule has 0 fully saturated rings. The fourth-order valence-electron chi connectivity index (χ4n) is 1.62. The van der Waals surface area contributed by atoms with Crippen LogP contribution in [-0.2, 0) is 25.7 Å². The largest absolute Gasteiger partial charge is 0.507 e. The van der Waals surface area contributed by atoms with E-state index in [1.54, 1.807) is 24.3 Å². The van der Waals surface area contributed by atoms with Crippen LogP contribution in [-0.4, -0.2) is 34.9 Å². The van der Waals surface area contributed by atoms with Gasteiger partial charge in [0, 0.05) is 0 Å². The molecule has 1 heterocycles. The van der Waals surface area contributed by atoms with Gasteiger partial charge in [-0.05, 0) is 5.56 Å². The highest BCUT2D eigenvalue weighted by molar-refractivity contribution is 6.16. The number of cyclic esters (lactones) is 1. The fraction of sp³-hybridized carbons (Fsp3) is 0.231. The molecule has 0 spiro atoms. The summed E-state index contributed by atoms with van der Waals surface area (Å²) in [5.74, 6) is -2.55. The molecule has 100 valence electrons. The third-order valence-corrected chi connectivity index (χ3v) is 2.60. The number of benzene rings is 1. The van der Waals surface area contributed by atoms with Crippen LogP contribution >= 0.6 is 0 Å². The highest BCUT2D eigenvalue weighted by Gasteiger charge is 2.39. The molecular formula is C13H12O6. The lowest BCUT2D eigenvalue weighted by molar-refractivity contribution is -0.147. The second kappa shape index (κ2) is 5.53. The average Bonchev–Trinajstić information content (AvgIpc) is 2.72. The quantitative estimate of drug-likeness (QED) is 0.606. The number of hydrogen-bond acceptors (Lipinski definition) is 6. The molecule has 1 aromatic rings. The summed E-state index contributed by atoms with van der Waals surface area (Å²) in [6.45, 7) is -0.611. The van der Waals surface area contributed by atoms with Crippen molar-refractivity contribution in [2.75, 3.05) is 6.61 Å². The van der Waals surface area contributed by atoms with Gasteiger partial charge in [0.15, 0.2) is 17.4 Å². The van der Waals surface area contributed by atoms with E-state index in [1.165, 1.54) is 0 Å². The number of carbonyl (C=O) groups is 2. The monoisotopic (exact) mass is 264 g/mol. The summed E-state index contributed by atoms with van der Waals surface area (Å²) in [5.41, 5.74) is 0.191. The van der Waals surface area contributed by atoms with E-state index in [2.05, 4.69) is 4.74 Å². The van der Waals surface area contributed by atoms with E-state index in [-0.39, 0.29) is 6.61 Å². The van der Waals surface area contributed by atoms with Crippen molar-refractivity contribution in [2.24, 2.45) is 0 Å². The van der Waals surface area contributed by atoms with Crippen molar-refractivity contribution < 1.29 is 29.3 Å². The van der Waals surface area contributed by atoms with E-state index in [4.69, 9.17) is 9.84 Å². The Kier molecular flexibility index (Phi) is 3.82. The van der Waals surface area contributed by atoms with Gasteiger partial charge in [-0.3, -0.25) is 0 Å². The molecule has 19 heavy (non-hydrogen) atoms. The molecule has 2 N–H and O–H groups in total. The third-order valence-electron chi connectivity index (χ3n) is 2.60. The van der Waals surface area contributed by atoms with Gasteiger partial charge in [0.1, 0.15) is 6.61 Å². The molecule has 0 saturated carbocycles. The summed E-state index contributed by atoms with van der Waals surface area (Å²) in [6.07, 6.45) is -1.19. The van der Waals surface area contributed by atoms with E-state index in [9.17, 15) is 14.7 Å². The Hall–Kier alpha value is -2.34. The van der Waals surface area contributed by atoms with Gasteiger partial charge >= 0.3 is 11.9 Å². The summed E-state index contributed by atoms with van der Waals surface area (Å²) in [6, 6.07) is 8.90. The van der Waals surface area contributed by atoms with Crippen LogP contribution in [0.15, 0.2) is 41.7 Å². The SMILES string of the molecule is O=C(OCc1ccccc1)C1=C(O)[C@@H](CO)OC1=O. The molecule has 1 atom stereocenters. The van der Waals surface area contributed by atoms with E-state index in [0.717, 1.165) is 5.56 Å². The predicted molar refractivity (Wildman–Crippen MR) is 62.9 cm³/mol. The second-order valence-corrected chi connectivity index (χ2v) is 3.90. The van der Waals surface area contributed by atoms with Crippen LogP contribution in [0.5, 0.6) is 0 Å². The molecular weight excluding hydrogens is 252 g/mol. The Morgan fingerprint density at radius 1 is 1.32 bits per heavy atom. The highest BCUT2D eigenvalue weighted by atomic mass is 16.6. The van der Waals surface area contributed by atoms with Crippen LogP contribution < -0.4 is 0 Å². The smallest absolute Gasteiger partial charge is 0.350 e. The van der Waals surface area contributed by atoms with Crippen molar-refractivity contribution in [1.29, 1.82) is 0 Å². The van der Waals surface area contributed by atoms with Gasteiger partial charge in [-0.2, -0.15) is 0 Å². The summed E-state index contributed by atoms with van der Waals surface area (Å²) >= 11 is 0. The van der Waals surface area contributed by atoms with E-state index in [1.807, 2.05) is 6.07 Å². The normalized spacial score (nSPS) is 18.4. The molecule has 2 rings (SSSR count). The minimum absolute atomic E-state index is 0.0203. The Morgan fingerprint density at radius 2 is 2.00 bits per heavy atom. The van der Waals surface area contributed by atoms with Gasteiger partial charge in [0.05, 0.1) is 6.61 Å². The summed E-state index contributed by atoms with van der Waals surface area (Å²) in [4.78, 5) is 23.0. The maximum atomic E-state index is 11.7. The first-order chi connectivity index (χ1) is 9.13. The molecule has 6 heteroatoms. The lowest BCUT2D eigenvalue weighted by Gasteiger charge is -2.04. The molecule has 0 saturated heterocycles. The number of ether oxygens (including phenoxy) is 2. The Morgan fingerprint density at radius 3 is 2.58 bits per heavy atom. The van der Waals surface area contributed by atoms with Gasteiger partial charge in [-0.1, -0.05) is 30.3 Å². The zero-order chi connectivity index (χ0) is 13.8. The standard InChI is InChI=1S/C13H12O6/c14-6-9-11(15)10(13(17)19-9)12(16)18-7-8-4-2-1-3-5-8/h1-5,9,14-15H,6-7H2/t9-/m1/s1. The molecule has 0 bridgehead atoms. The van der Waals surface area contributed by atoms with Crippen LogP contribution in [0.2, 0.25) is 0 Å². The number of aliphatic hydroxyl groups is 2. The number of aliphatic hydroxyl groups excluding tert-OH is 2. The summed E-state index contributed by atoms with van der Waals surface area (Å²) < 4.78 is 9.50. The number of hydrogen-bond donors (Lipinski definition) is 2. The molecule has 0 radical (unpaired) electrons. The number of carbonyl (C=O) groups excluding carboxylic acids is 2. The minimum Gasteiger partial charge on any atom is -0.507 e. The Labute approximate surface area is 108 Å². The van der Waals surface area contributed by atoms with Crippen LogP contribution in [0.3, 0.4) is 0 Å². The van der Waals surface area contributed by atoms with Crippen molar-refractivity contribution >= 4 is 11.9 Å². The van der Waals surface area contributed by atoms with E-state index < -0.39 is 36.0 Å². The second-order valence-electron chi connectivity index (χ2n) is 3.90. The van der Waals surface area contributed by atoms with Crippen molar-refractivity contribution in [1.82, 2.24) is 0 Å². The van der Waals surface area contributed by atoms with Crippen LogP contribution in [0.4, 0.5) is 0 Å². The summed E-state index contributed by atoms with van der Waals surface area (Å²) in [7, 11) is 0. The zero-order valence-electron chi connectivity index (χ0n) is 9.91. The fourth-order valence-corrected chi connectivity index (χ4v) is 1.62. The van der Waals surface area contributed by atoms with Crippen LogP contribution in [0.1, 0.15) is 5.56 Å². The number of esters is 2. The van der Waals surface area contributed by atoms with E-state index >= 15 is 0 Å². The molecule has 0 aromatic heterocycles. The average molecular weight is 264 g/mol. The molecule has 0 unspecified atom stereocenters. The summed E-state index contributed by atoms with van der Waals surface area (Å²) in [5, 5.41) is 18.4. The molecule has 6 nitrogen and oxygen atoms in total. The predicted octanol–water partition coefficient (Wildman–Crippen LogP) is 0.460. The Bertz CT molecular complexity index is 519. The molecule has 0 amide bonds. The maximum absolute atomic E-state index is 11.7. The topological polar surface area (TPSA) is 93.1 Å². The van der Waals surface area contributed by atoms with Crippen molar-refractivity contribution in [2.45, 2.75) is 12.7 Å². The van der Waals surface area contributed by atoms with Gasteiger partial charge in [0.25, 0.3) is 0 Å². The molecule has 0 aliphatic carbocycles.